The number of aryl methyl sites for hydroxylation is 1. The maximum Gasteiger partial charge on any atom is 0.244 e. The van der Waals surface area contributed by atoms with Crippen molar-refractivity contribution in [3.8, 4) is 5.75 Å². The summed E-state index contributed by atoms with van der Waals surface area (Å²) >= 11 is 6.04. The summed E-state index contributed by atoms with van der Waals surface area (Å²) < 4.78 is 5.24. The van der Waals surface area contributed by atoms with Gasteiger partial charge in [0.05, 0.1) is 18.3 Å². The SMILES string of the molecule is CCNC(C)(C)C(=O)Nc1cc(C)c(Cl)cc1OC. The van der Waals surface area contributed by atoms with Crippen molar-refractivity contribution in [2.24, 2.45) is 0 Å². The average Bonchev–Trinajstić information content (AvgIpc) is 2.33. The molecule has 106 valence electrons. The second-order valence-corrected chi connectivity index (χ2v) is 5.32. The van der Waals surface area contributed by atoms with E-state index in [2.05, 4.69) is 10.6 Å². The van der Waals surface area contributed by atoms with Crippen LogP contribution in [0.1, 0.15) is 26.3 Å². The van der Waals surface area contributed by atoms with Gasteiger partial charge in [0.15, 0.2) is 0 Å². The van der Waals surface area contributed by atoms with Crippen LogP contribution in [0.25, 0.3) is 0 Å². The highest BCUT2D eigenvalue weighted by molar-refractivity contribution is 6.31. The Hall–Kier alpha value is -1.26. The first kappa shape index (κ1) is 15.8. The number of carbonyl (C=O) groups is 1. The molecule has 0 spiro atoms. The van der Waals surface area contributed by atoms with E-state index in [9.17, 15) is 4.79 Å². The molecule has 0 radical (unpaired) electrons. The summed E-state index contributed by atoms with van der Waals surface area (Å²) in [6.07, 6.45) is 0. The van der Waals surface area contributed by atoms with Crippen LogP contribution in [0, 0.1) is 6.92 Å². The third kappa shape index (κ3) is 3.85. The van der Waals surface area contributed by atoms with Crippen LogP contribution in [0.3, 0.4) is 0 Å². The van der Waals surface area contributed by atoms with E-state index in [1.807, 2.05) is 27.7 Å². The number of benzene rings is 1. The highest BCUT2D eigenvalue weighted by atomic mass is 35.5. The Kier molecular flexibility index (Phi) is 5.20. The number of anilines is 1. The lowest BCUT2D eigenvalue weighted by Crippen LogP contribution is -2.49. The molecule has 19 heavy (non-hydrogen) atoms. The van der Waals surface area contributed by atoms with E-state index in [-0.39, 0.29) is 5.91 Å². The van der Waals surface area contributed by atoms with Gasteiger partial charge in [-0.15, -0.1) is 0 Å². The second-order valence-electron chi connectivity index (χ2n) is 4.91. The number of likely N-dealkylation sites (N-methyl/N-ethyl adjacent to an activating group) is 1. The highest BCUT2D eigenvalue weighted by Crippen LogP contribution is 2.31. The zero-order chi connectivity index (χ0) is 14.6. The molecule has 0 aromatic heterocycles. The standard InChI is InChI=1S/C14H21ClN2O2/c1-6-16-14(3,4)13(18)17-11-7-9(2)10(15)8-12(11)19-5/h7-8,16H,6H2,1-5H3,(H,17,18). The zero-order valence-corrected chi connectivity index (χ0v) is 12.8. The van der Waals surface area contributed by atoms with Gasteiger partial charge in [-0.2, -0.15) is 0 Å². The summed E-state index contributed by atoms with van der Waals surface area (Å²) in [5, 5.41) is 6.61. The summed E-state index contributed by atoms with van der Waals surface area (Å²) in [5.74, 6) is 0.436. The topological polar surface area (TPSA) is 50.4 Å². The molecule has 4 nitrogen and oxygen atoms in total. The van der Waals surface area contributed by atoms with Crippen molar-refractivity contribution in [2.75, 3.05) is 19.0 Å². The Morgan fingerprint density at radius 3 is 2.58 bits per heavy atom. The Labute approximate surface area is 119 Å². The van der Waals surface area contributed by atoms with Crippen LogP contribution in [-0.4, -0.2) is 25.1 Å². The fourth-order valence-corrected chi connectivity index (χ4v) is 1.88. The van der Waals surface area contributed by atoms with Gasteiger partial charge in [-0.1, -0.05) is 18.5 Å². The predicted molar refractivity (Wildman–Crippen MR) is 79.1 cm³/mol. The largest absolute Gasteiger partial charge is 0.495 e. The van der Waals surface area contributed by atoms with Crippen LogP contribution in [0.15, 0.2) is 12.1 Å². The smallest absolute Gasteiger partial charge is 0.244 e. The molecular formula is C14H21ClN2O2. The summed E-state index contributed by atoms with van der Waals surface area (Å²) in [5.41, 5.74) is 0.868. The lowest BCUT2D eigenvalue weighted by Gasteiger charge is -2.25. The monoisotopic (exact) mass is 284 g/mol. The Bertz CT molecular complexity index is 473. The van der Waals surface area contributed by atoms with Crippen molar-refractivity contribution < 1.29 is 9.53 Å². The molecule has 0 heterocycles. The van der Waals surface area contributed by atoms with E-state index in [1.165, 1.54) is 0 Å². The van der Waals surface area contributed by atoms with Gasteiger partial charge in [-0.05, 0) is 38.9 Å². The van der Waals surface area contributed by atoms with E-state index >= 15 is 0 Å². The maximum atomic E-state index is 12.2. The van der Waals surface area contributed by atoms with Crippen LogP contribution < -0.4 is 15.4 Å². The molecule has 0 aliphatic heterocycles. The first-order chi connectivity index (χ1) is 8.81. The van der Waals surface area contributed by atoms with Gasteiger partial charge in [-0.25, -0.2) is 0 Å². The number of nitrogens with one attached hydrogen (secondary N) is 2. The van der Waals surface area contributed by atoms with Crippen molar-refractivity contribution in [3.63, 3.8) is 0 Å². The predicted octanol–water partition coefficient (Wildman–Crippen LogP) is 2.98. The fraction of sp³-hybridized carbons (Fsp3) is 0.500. The van der Waals surface area contributed by atoms with Crippen LogP contribution in [0.5, 0.6) is 5.75 Å². The number of carbonyl (C=O) groups excluding carboxylic acids is 1. The molecule has 0 fully saturated rings. The van der Waals surface area contributed by atoms with Crippen molar-refractivity contribution >= 4 is 23.2 Å². The van der Waals surface area contributed by atoms with E-state index in [0.29, 0.717) is 16.5 Å². The van der Waals surface area contributed by atoms with Gasteiger partial charge in [0.2, 0.25) is 5.91 Å². The van der Waals surface area contributed by atoms with Gasteiger partial charge < -0.3 is 15.4 Å². The molecular weight excluding hydrogens is 264 g/mol. The quantitative estimate of drug-likeness (QED) is 0.874. The molecule has 2 N–H and O–H groups in total. The van der Waals surface area contributed by atoms with Crippen LogP contribution in [0.2, 0.25) is 5.02 Å². The normalized spacial score (nSPS) is 11.3. The maximum absolute atomic E-state index is 12.2. The molecule has 1 aromatic carbocycles. The number of ether oxygens (including phenoxy) is 1. The molecule has 5 heteroatoms. The molecule has 1 amide bonds. The molecule has 0 unspecified atom stereocenters. The number of amides is 1. The third-order valence-electron chi connectivity index (χ3n) is 2.92. The summed E-state index contributed by atoms with van der Waals surface area (Å²) in [4.78, 5) is 12.2. The van der Waals surface area contributed by atoms with Crippen molar-refractivity contribution in [3.05, 3.63) is 22.7 Å². The molecule has 0 saturated heterocycles. The van der Waals surface area contributed by atoms with Gasteiger partial charge in [0.1, 0.15) is 5.75 Å². The summed E-state index contributed by atoms with van der Waals surface area (Å²) in [6.45, 7) is 8.23. The second kappa shape index (κ2) is 6.26. The number of hydrogen-bond donors (Lipinski definition) is 2. The minimum Gasteiger partial charge on any atom is -0.495 e. The van der Waals surface area contributed by atoms with E-state index in [0.717, 1.165) is 12.1 Å². The van der Waals surface area contributed by atoms with E-state index < -0.39 is 5.54 Å². The van der Waals surface area contributed by atoms with Gasteiger partial charge in [-0.3, -0.25) is 4.79 Å². The van der Waals surface area contributed by atoms with Crippen molar-refractivity contribution in [1.82, 2.24) is 5.32 Å². The van der Waals surface area contributed by atoms with Crippen LogP contribution in [0.4, 0.5) is 5.69 Å². The summed E-state index contributed by atoms with van der Waals surface area (Å²) in [7, 11) is 1.55. The Morgan fingerprint density at radius 1 is 1.42 bits per heavy atom. The Morgan fingerprint density at radius 2 is 2.05 bits per heavy atom. The van der Waals surface area contributed by atoms with Crippen LogP contribution in [-0.2, 0) is 4.79 Å². The minimum absolute atomic E-state index is 0.116. The summed E-state index contributed by atoms with van der Waals surface area (Å²) in [6, 6.07) is 3.51. The molecule has 0 aliphatic carbocycles. The number of rotatable bonds is 5. The zero-order valence-electron chi connectivity index (χ0n) is 12.1. The van der Waals surface area contributed by atoms with Crippen molar-refractivity contribution in [2.45, 2.75) is 33.2 Å². The number of methoxy groups -OCH3 is 1. The van der Waals surface area contributed by atoms with Crippen LogP contribution >= 0.6 is 11.6 Å². The lowest BCUT2D eigenvalue weighted by atomic mass is 10.0. The first-order valence-electron chi connectivity index (χ1n) is 6.22. The highest BCUT2D eigenvalue weighted by Gasteiger charge is 2.27. The number of halogens is 1. The molecule has 0 atom stereocenters. The average molecular weight is 285 g/mol. The first-order valence-corrected chi connectivity index (χ1v) is 6.60. The van der Waals surface area contributed by atoms with Gasteiger partial charge in [0, 0.05) is 11.1 Å². The van der Waals surface area contributed by atoms with Gasteiger partial charge in [0.25, 0.3) is 0 Å². The van der Waals surface area contributed by atoms with E-state index in [1.54, 1.807) is 19.2 Å². The third-order valence-corrected chi connectivity index (χ3v) is 3.32. The van der Waals surface area contributed by atoms with Crippen molar-refractivity contribution in [1.29, 1.82) is 0 Å². The van der Waals surface area contributed by atoms with E-state index in [4.69, 9.17) is 16.3 Å². The molecule has 1 rings (SSSR count). The molecule has 0 aliphatic rings. The van der Waals surface area contributed by atoms with Gasteiger partial charge >= 0.3 is 0 Å². The fourth-order valence-electron chi connectivity index (χ4n) is 1.73. The Balaban J connectivity index is 2.99. The molecule has 0 saturated carbocycles. The lowest BCUT2D eigenvalue weighted by molar-refractivity contribution is -0.121. The minimum atomic E-state index is -0.646. The molecule has 1 aromatic rings. The molecule has 0 bridgehead atoms. The number of hydrogen-bond acceptors (Lipinski definition) is 3.